The number of benzene rings is 1. The van der Waals surface area contributed by atoms with E-state index in [1.54, 1.807) is 48.0 Å². The van der Waals surface area contributed by atoms with Gasteiger partial charge in [-0.25, -0.2) is 9.59 Å². The van der Waals surface area contributed by atoms with E-state index in [-0.39, 0.29) is 83.5 Å². The molecule has 0 spiro atoms. The van der Waals surface area contributed by atoms with Crippen molar-refractivity contribution in [3.8, 4) is 5.75 Å². The van der Waals surface area contributed by atoms with Crippen molar-refractivity contribution in [3.63, 3.8) is 0 Å². The SMILES string of the molecule is CO[C@H]1C[C@@H]2CC[C@@H](C)[C@@](O)(O2)C(=O)C(=O)N2CCCC[C@H]2C(=O)O[C@H]([C@H](C)C[C@@H]2CC[C@@H](O[Si](C)(C)C(C)(C)C)[C@H](OC)C2)CC(=O)[C@H](C)/C=C(\C)[C@@H](OC(=O)Oc2ccc([N+](=O)[O-])cc2)[C@@H](OC)C(=O)[C@H](C)C[C@H](C)/C=C/C=C/C=C/1C. The Morgan fingerprint density at radius 2 is 1.55 bits per heavy atom. The van der Waals surface area contributed by atoms with Gasteiger partial charge in [0.15, 0.2) is 26.3 Å². The zero-order valence-corrected chi connectivity index (χ0v) is 53.4. The molecule has 2 bridgehead atoms. The van der Waals surface area contributed by atoms with Gasteiger partial charge in [-0.2, -0.15) is 0 Å². The Morgan fingerprint density at radius 1 is 0.857 bits per heavy atom. The number of cyclic esters (lactones) is 1. The summed E-state index contributed by atoms with van der Waals surface area (Å²) in [6, 6.07) is 3.59. The number of piperidine rings is 1. The third-order valence-electron chi connectivity index (χ3n) is 18.1. The fraction of sp³-hybridized carbons (Fsp3) is 0.688. The fourth-order valence-corrected chi connectivity index (χ4v) is 13.2. The van der Waals surface area contributed by atoms with Crippen LogP contribution in [-0.2, 0) is 56.8 Å². The highest BCUT2D eigenvalue weighted by Gasteiger charge is 2.53. The van der Waals surface area contributed by atoms with Gasteiger partial charge >= 0.3 is 12.1 Å². The van der Waals surface area contributed by atoms with Gasteiger partial charge in [-0.3, -0.25) is 29.3 Å². The molecule has 468 valence electrons. The molecular weight excluding hydrogens is 1100 g/mol. The van der Waals surface area contributed by atoms with Crippen LogP contribution in [0, 0.1) is 45.6 Å². The molecule has 15 atom stereocenters. The number of esters is 1. The number of aliphatic hydroxyl groups is 1. The molecular formula is C64H96N2O17Si. The summed E-state index contributed by atoms with van der Waals surface area (Å²) >= 11 is 0. The first-order valence-corrected chi connectivity index (χ1v) is 33.0. The van der Waals surface area contributed by atoms with E-state index in [2.05, 4.69) is 33.9 Å². The van der Waals surface area contributed by atoms with E-state index >= 15 is 0 Å². The van der Waals surface area contributed by atoms with Gasteiger partial charge in [0.2, 0.25) is 5.79 Å². The number of nitro benzene ring substituents is 1. The summed E-state index contributed by atoms with van der Waals surface area (Å²) in [6.45, 7) is 23.5. The quantitative estimate of drug-likeness (QED) is 0.0412. The Bertz CT molecular complexity index is 2570. The number of methoxy groups -OCH3 is 3. The Kier molecular flexibility index (Phi) is 25.6. The minimum Gasteiger partial charge on any atom is -0.460 e. The standard InChI is InChI=1S/C64H96N2O17Si/c1-39-21-17-16-18-22-40(2)53(76-11)37-49-28-24-45(7)64(73,82-49)59(69)60(70)65-32-20-19-23-50(65)61(71)80-54(42(4)35-46-25-31-52(55(36-46)77-12)83-84(14,15)63(8,9)10)38-51(67)41(3)34-44(6)57(58(78-13)56(68)43(5)33-39)81-62(72)79-48-29-26-47(27-30-48)66(74)75/h16-18,21-22,26-27,29-30,34,39,41-43,45-46,49-50,52-55,57-58,73H,19-20,23-25,28,31-33,35-38H2,1-15H3/b18-16+,21-17+,40-22+,44-34+/t39-,41-,42-,43-,45-,46+,49+,50+,52-,53+,54+,55-,57-,58+,64-/m1/s1. The molecule has 3 heterocycles. The Balaban J connectivity index is 1.54. The first-order valence-electron chi connectivity index (χ1n) is 30.1. The molecule has 3 fully saturated rings. The van der Waals surface area contributed by atoms with E-state index in [1.165, 1.54) is 24.1 Å². The number of ketones is 3. The Morgan fingerprint density at radius 3 is 2.18 bits per heavy atom. The second-order valence-electron chi connectivity index (χ2n) is 25.6. The number of ether oxygens (including phenoxy) is 7. The summed E-state index contributed by atoms with van der Waals surface area (Å²) in [5.41, 5.74) is 0.889. The van der Waals surface area contributed by atoms with Crippen molar-refractivity contribution < 1.29 is 76.4 Å². The van der Waals surface area contributed by atoms with Gasteiger partial charge < -0.3 is 47.6 Å². The van der Waals surface area contributed by atoms with Crippen LogP contribution in [0.5, 0.6) is 5.75 Å². The lowest BCUT2D eigenvalue weighted by atomic mass is 9.78. The van der Waals surface area contributed by atoms with E-state index in [1.807, 2.05) is 51.2 Å². The lowest BCUT2D eigenvalue weighted by Gasteiger charge is -2.44. The number of hydrogen-bond acceptors (Lipinski definition) is 17. The van der Waals surface area contributed by atoms with E-state index < -0.39 is 103 Å². The zero-order chi connectivity index (χ0) is 62.4. The highest BCUT2D eigenvalue weighted by atomic mass is 28.4. The number of carbonyl (C=O) groups is 6. The highest BCUT2D eigenvalue weighted by molar-refractivity contribution is 6.74. The van der Waals surface area contributed by atoms with Gasteiger partial charge in [0, 0.05) is 70.6 Å². The first-order chi connectivity index (χ1) is 39.4. The molecule has 84 heavy (non-hydrogen) atoms. The zero-order valence-electron chi connectivity index (χ0n) is 52.4. The molecule has 1 aliphatic carbocycles. The van der Waals surface area contributed by atoms with Crippen molar-refractivity contribution in [1.82, 2.24) is 4.90 Å². The highest BCUT2D eigenvalue weighted by Crippen LogP contribution is 2.42. The lowest BCUT2D eigenvalue weighted by Crippen LogP contribution is -2.61. The second-order valence-corrected chi connectivity index (χ2v) is 30.4. The van der Waals surface area contributed by atoms with E-state index in [9.17, 15) is 44.0 Å². The molecule has 0 radical (unpaired) electrons. The number of Topliss-reactive ketones (excluding diaryl/α,β-unsaturated/α-hetero) is 3. The van der Waals surface area contributed by atoms with Crippen molar-refractivity contribution in [2.24, 2.45) is 35.5 Å². The number of rotatable bonds is 11. The number of amides is 1. The number of allylic oxidation sites excluding steroid dienone is 6. The normalized spacial score (nSPS) is 34.2. The van der Waals surface area contributed by atoms with Crippen molar-refractivity contribution in [2.45, 2.75) is 219 Å². The van der Waals surface area contributed by atoms with Crippen LogP contribution in [0.2, 0.25) is 18.1 Å². The van der Waals surface area contributed by atoms with Gasteiger partial charge in [0.05, 0.1) is 29.3 Å². The third-order valence-corrected chi connectivity index (χ3v) is 22.7. The molecule has 1 amide bonds. The van der Waals surface area contributed by atoms with Gasteiger partial charge in [-0.1, -0.05) is 91.8 Å². The predicted molar refractivity (Wildman–Crippen MR) is 319 cm³/mol. The topological polar surface area (TPSA) is 243 Å². The average Bonchev–Trinajstić information content (AvgIpc) is 2.56. The molecule has 1 aromatic carbocycles. The van der Waals surface area contributed by atoms with Crippen LogP contribution in [0.1, 0.15) is 146 Å². The summed E-state index contributed by atoms with van der Waals surface area (Å²) in [7, 11) is 2.42. The molecule has 1 N–H and O–H groups in total. The van der Waals surface area contributed by atoms with E-state index in [0.29, 0.717) is 44.9 Å². The molecule has 1 aromatic rings. The van der Waals surface area contributed by atoms with Crippen LogP contribution in [0.25, 0.3) is 0 Å². The number of carbonyl (C=O) groups excluding carboxylic acids is 6. The van der Waals surface area contributed by atoms with Gasteiger partial charge in [0.25, 0.3) is 17.4 Å². The molecule has 4 aliphatic rings. The van der Waals surface area contributed by atoms with Crippen molar-refractivity contribution in [3.05, 3.63) is 82.0 Å². The van der Waals surface area contributed by atoms with E-state index in [4.69, 9.17) is 37.6 Å². The predicted octanol–water partition coefficient (Wildman–Crippen LogP) is 11.3. The molecule has 3 aliphatic heterocycles. The summed E-state index contributed by atoms with van der Waals surface area (Å²) in [4.78, 5) is 98.7. The van der Waals surface area contributed by atoms with Gasteiger partial charge in [-0.15, -0.1) is 0 Å². The van der Waals surface area contributed by atoms with Crippen molar-refractivity contribution in [2.75, 3.05) is 27.9 Å². The van der Waals surface area contributed by atoms with Crippen LogP contribution in [0.15, 0.2) is 71.9 Å². The number of non-ortho nitro benzene ring substituents is 1. The molecule has 0 unspecified atom stereocenters. The fourth-order valence-electron chi connectivity index (χ4n) is 11.8. The summed E-state index contributed by atoms with van der Waals surface area (Å²) in [6.07, 6.45) is 9.75. The number of nitro groups is 1. The number of hydrogen-bond donors (Lipinski definition) is 1. The minimum atomic E-state index is -2.48. The lowest BCUT2D eigenvalue weighted by molar-refractivity contribution is -0.384. The summed E-state index contributed by atoms with van der Waals surface area (Å²) in [5, 5.41) is 23.4. The van der Waals surface area contributed by atoms with Gasteiger partial charge in [0.1, 0.15) is 23.7 Å². The maximum absolute atomic E-state index is 14.8. The van der Waals surface area contributed by atoms with Crippen LogP contribution in [0.3, 0.4) is 0 Å². The Hall–Kier alpha value is -5.22. The summed E-state index contributed by atoms with van der Waals surface area (Å²) in [5.74, 6) is -8.99. The minimum absolute atomic E-state index is 0.00976. The molecule has 19 nitrogen and oxygen atoms in total. The van der Waals surface area contributed by atoms with Crippen LogP contribution in [-0.4, -0.2) is 141 Å². The molecule has 2 saturated heterocycles. The maximum Gasteiger partial charge on any atom is 0.514 e. The molecule has 20 heteroatoms. The Labute approximate surface area is 498 Å². The third kappa shape index (κ3) is 18.4. The maximum atomic E-state index is 14.8. The average molecular weight is 1190 g/mol. The van der Waals surface area contributed by atoms with Crippen LogP contribution < -0.4 is 4.74 Å². The van der Waals surface area contributed by atoms with Gasteiger partial charge in [-0.05, 0) is 137 Å². The smallest absolute Gasteiger partial charge is 0.460 e. The number of fused-ring (bicyclic) bond motifs is 3. The number of nitrogens with zero attached hydrogens (tertiary/aromatic N) is 2. The van der Waals surface area contributed by atoms with Crippen LogP contribution in [0.4, 0.5) is 10.5 Å². The van der Waals surface area contributed by atoms with Crippen molar-refractivity contribution in [1.29, 1.82) is 0 Å². The second kappa shape index (κ2) is 30.9. The van der Waals surface area contributed by atoms with Crippen LogP contribution >= 0.6 is 0 Å². The molecule has 0 aromatic heterocycles. The summed E-state index contributed by atoms with van der Waals surface area (Å²) < 4.78 is 48.7. The first kappa shape index (κ1) is 69.5. The monoisotopic (exact) mass is 1190 g/mol. The van der Waals surface area contributed by atoms with E-state index in [0.717, 1.165) is 30.5 Å². The molecule has 5 rings (SSSR count). The molecule has 1 saturated carbocycles. The van der Waals surface area contributed by atoms with Crippen molar-refractivity contribution >= 4 is 49.4 Å². The largest absolute Gasteiger partial charge is 0.514 e.